The number of benzene rings is 3. The summed E-state index contributed by atoms with van der Waals surface area (Å²) in [7, 11) is 1.57. The van der Waals surface area contributed by atoms with Crippen LogP contribution in [0.25, 0.3) is 6.08 Å². The van der Waals surface area contributed by atoms with Gasteiger partial charge in [-0.1, -0.05) is 66.2 Å². The fourth-order valence-electron chi connectivity index (χ4n) is 6.72. The average molecular weight is 552 g/mol. The number of fused-ring (bicyclic) bond motifs is 5. The zero-order valence-electron chi connectivity index (χ0n) is 20.8. The van der Waals surface area contributed by atoms with Crippen molar-refractivity contribution in [1.29, 1.82) is 0 Å². The lowest BCUT2D eigenvalue weighted by atomic mass is 9.64. The van der Waals surface area contributed by atoms with E-state index >= 15 is 0 Å². The van der Waals surface area contributed by atoms with Crippen molar-refractivity contribution in [3.8, 4) is 5.75 Å². The molecule has 1 saturated heterocycles. The van der Waals surface area contributed by atoms with Crippen LogP contribution in [0, 0.1) is 5.41 Å². The van der Waals surface area contributed by atoms with E-state index in [-0.39, 0.29) is 17.3 Å². The van der Waals surface area contributed by atoms with Crippen LogP contribution in [-0.4, -0.2) is 36.5 Å². The summed E-state index contributed by atoms with van der Waals surface area (Å²) >= 11 is 7.70. The molecule has 7 heteroatoms. The highest BCUT2D eigenvalue weighted by molar-refractivity contribution is 7.12. The van der Waals surface area contributed by atoms with E-state index in [1.54, 1.807) is 43.5 Å². The quantitative estimate of drug-likeness (QED) is 0.208. The molecule has 3 atom stereocenters. The lowest BCUT2D eigenvalue weighted by Gasteiger charge is -2.37. The summed E-state index contributed by atoms with van der Waals surface area (Å²) < 4.78 is 5.54. The predicted molar refractivity (Wildman–Crippen MR) is 152 cm³/mol. The van der Waals surface area contributed by atoms with Crippen LogP contribution in [0.4, 0.5) is 5.69 Å². The minimum absolute atomic E-state index is 0.132. The molecule has 5 nitrogen and oxygen atoms in total. The third-order valence-electron chi connectivity index (χ3n) is 8.25. The number of halogens is 1. The van der Waals surface area contributed by atoms with Crippen molar-refractivity contribution in [3.63, 3.8) is 0 Å². The van der Waals surface area contributed by atoms with Gasteiger partial charge in [-0.2, -0.15) is 0 Å². The van der Waals surface area contributed by atoms with Crippen molar-refractivity contribution < 1.29 is 19.1 Å². The first-order valence-corrected chi connectivity index (χ1v) is 13.9. The van der Waals surface area contributed by atoms with Crippen LogP contribution >= 0.6 is 22.9 Å². The van der Waals surface area contributed by atoms with Crippen LogP contribution in [0.5, 0.6) is 5.75 Å². The number of thiophene rings is 1. The smallest absolute Gasteiger partial charge is 0.195 e. The van der Waals surface area contributed by atoms with Crippen molar-refractivity contribution in [3.05, 3.63) is 122 Å². The predicted octanol–water partition coefficient (Wildman–Crippen LogP) is 6.73. The zero-order chi connectivity index (χ0) is 26.9. The molecule has 3 unspecified atom stereocenters. The van der Waals surface area contributed by atoms with E-state index in [0.29, 0.717) is 32.3 Å². The van der Waals surface area contributed by atoms with Crippen molar-refractivity contribution in [2.24, 2.45) is 5.41 Å². The Hall–Kier alpha value is -4.00. The topological polar surface area (TPSA) is 63.7 Å². The second kappa shape index (κ2) is 8.76. The van der Waals surface area contributed by atoms with Gasteiger partial charge in [-0.3, -0.25) is 14.4 Å². The summed E-state index contributed by atoms with van der Waals surface area (Å²) in [5.74, 6) is -0.824. The Morgan fingerprint density at radius 2 is 1.72 bits per heavy atom. The number of carbonyl (C=O) groups is 3. The van der Waals surface area contributed by atoms with Crippen LogP contribution in [0.15, 0.2) is 90.3 Å². The number of hydrogen-bond acceptors (Lipinski definition) is 6. The van der Waals surface area contributed by atoms with Crippen molar-refractivity contribution in [1.82, 2.24) is 0 Å². The van der Waals surface area contributed by atoms with Gasteiger partial charge >= 0.3 is 0 Å². The first-order chi connectivity index (χ1) is 19.0. The van der Waals surface area contributed by atoms with E-state index in [0.717, 1.165) is 11.3 Å². The van der Waals surface area contributed by atoms with Crippen molar-refractivity contribution in [2.45, 2.75) is 18.0 Å². The van der Waals surface area contributed by atoms with Gasteiger partial charge in [0.15, 0.2) is 17.3 Å². The highest BCUT2D eigenvalue weighted by atomic mass is 35.5. The molecule has 0 bridgehead atoms. The molecular weight excluding hydrogens is 530 g/mol. The zero-order valence-corrected chi connectivity index (χ0v) is 22.4. The molecular formula is C32H22ClNO4S. The normalized spacial score (nSPS) is 22.1. The van der Waals surface area contributed by atoms with Gasteiger partial charge in [0, 0.05) is 27.8 Å². The Balaban J connectivity index is 1.56. The van der Waals surface area contributed by atoms with Crippen LogP contribution in [0.2, 0.25) is 5.02 Å². The van der Waals surface area contributed by atoms with E-state index in [1.165, 1.54) is 11.3 Å². The number of rotatable bonds is 4. The molecule has 1 aromatic heterocycles. The summed E-state index contributed by atoms with van der Waals surface area (Å²) in [5.41, 5.74) is 1.56. The van der Waals surface area contributed by atoms with Gasteiger partial charge in [0.05, 0.1) is 18.0 Å². The molecule has 1 fully saturated rings. The molecule has 3 aromatic carbocycles. The van der Waals surface area contributed by atoms with Crippen LogP contribution in [0.1, 0.15) is 47.4 Å². The minimum Gasteiger partial charge on any atom is -0.497 e. The van der Waals surface area contributed by atoms with Crippen LogP contribution < -0.4 is 9.64 Å². The monoisotopic (exact) mass is 551 g/mol. The molecule has 0 radical (unpaired) electrons. The molecule has 1 spiro atoms. The van der Waals surface area contributed by atoms with Gasteiger partial charge in [0.1, 0.15) is 17.2 Å². The minimum atomic E-state index is -1.54. The fraction of sp³-hybridized carbons (Fsp3) is 0.156. The number of methoxy groups -OCH3 is 1. The van der Waals surface area contributed by atoms with Gasteiger partial charge in [-0.05, 0) is 52.9 Å². The Labute approximate surface area is 234 Å². The molecule has 0 saturated carbocycles. The molecule has 3 aliphatic rings. The van der Waals surface area contributed by atoms with Gasteiger partial charge in [0.25, 0.3) is 0 Å². The molecule has 192 valence electrons. The third-order valence-corrected chi connectivity index (χ3v) is 9.37. The number of carbonyl (C=O) groups excluding carboxylic acids is 3. The fourth-order valence-corrected chi connectivity index (χ4v) is 7.60. The van der Waals surface area contributed by atoms with Crippen molar-refractivity contribution in [2.75, 3.05) is 12.0 Å². The average Bonchev–Trinajstić information content (AvgIpc) is 3.66. The molecule has 4 aromatic rings. The number of ether oxygens (including phenoxy) is 1. The standard InChI is InChI=1S/C32H22ClNO4S/c1-38-21-7-4-6-19(17-21)27-28(29(35)25-10-5-15-39-25)34-24-13-12-20(33)16-18(24)11-14-26(34)32(27)30(36)22-8-2-3-9-23(22)31(32)37/h2-17,26-28H,1H3. The third kappa shape index (κ3) is 3.22. The van der Waals surface area contributed by atoms with Crippen LogP contribution in [0.3, 0.4) is 0 Å². The summed E-state index contributed by atoms with van der Waals surface area (Å²) in [6, 6.07) is 22.0. The van der Waals surface area contributed by atoms with Crippen LogP contribution in [-0.2, 0) is 0 Å². The summed E-state index contributed by atoms with van der Waals surface area (Å²) in [4.78, 5) is 46.2. The maximum atomic E-state index is 14.6. The molecule has 7 rings (SSSR count). The number of hydrogen-bond donors (Lipinski definition) is 0. The maximum absolute atomic E-state index is 14.6. The Morgan fingerprint density at radius 3 is 2.41 bits per heavy atom. The second-order valence-electron chi connectivity index (χ2n) is 10.0. The van der Waals surface area contributed by atoms with E-state index in [2.05, 4.69) is 0 Å². The summed E-state index contributed by atoms with van der Waals surface area (Å²) in [6.07, 6.45) is 3.81. The second-order valence-corrected chi connectivity index (χ2v) is 11.4. The highest BCUT2D eigenvalue weighted by Crippen LogP contribution is 2.61. The van der Waals surface area contributed by atoms with E-state index in [1.807, 2.05) is 64.9 Å². The number of anilines is 1. The van der Waals surface area contributed by atoms with Gasteiger partial charge in [-0.25, -0.2) is 0 Å². The molecule has 0 amide bonds. The number of nitrogens with zero attached hydrogens (tertiary/aromatic N) is 1. The number of ketones is 3. The maximum Gasteiger partial charge on any atom is 0.195 e. The van der Waals surface area contributed by atoms with E-state index in [9.17, 15) is 14.4 Å². The summed E-state index contributed by atoms with van der Waals surface area (Å²) in [5, 5.41) is 2.43. The SMILES string of the molecule is COc1cccc(C2C(C(=O)c3cccs3)N3c4ccc(Cl)cc4C=CC3C23C(=O)c2ccccc2C3=O)c1. The van der Waals surface area contributed by atoms with Crippen molar-refractivity contribution >= 4 is 52.1 Å². The molecule has 3 heterocycles. The molecule has 39 heavy (non-hydrogen) atoms. The molecule has 1 aliphatic carbocycles. The largest absolute Gasteiger partial charge is 0.497 e. The Morgan fingerprint density at radius 1 is 0.949 bits per heavy atom. The summed E-state index contributed by atoms with van der Waals surface area (Å²) in [6.45, 7) is 0. The lowest BCUT2D eigenvalue weighted by Crippen LogP contribution is -2.48. The Kier molecular flexibility index (Phi) is 5.41. The first kappa shape index (κ1) is 24.1. The molecule has 2 aliphatic heterocycles. The lowest BCUT2D eigenvalue weighted by molar-refractivity contribution is 0.0666. The highest BCUT2D eigenvalue weighted by Gasteiger charge is 2.71. The number of Topliss-reactive ketones (excluding diaryl/α,β-unsaturated/α-hetero) is 3. The van der Waals surface area contributed by atoms with E-state index < -0.39 is 23.4 Å². The van der Waals surface area contributed by atoms with E-state index in [4.69, 9.17) is 16.3 Å². The molecule has 0 N–H and O–H groups in total. The first-order valence-electron chi connectivity index (χ1n) is 12.6. The van der Waals surface area contributed by atoms with Gasteiger partial charge in [-0.15, -0.1) is 11.3 Å². The van der Waals surface area contributed by atoms with Gasteiger partial charge < -0.3 is 9.64 Å². The van der Waals surface area contributed by atoms with Gasteiger partial charge in [0.2, 0.25) is 0 Å². The Bertz CT molecular complexity index is 1670.